The van der Waals surface area contributed by atoms with E-state index in [2.05, 4.69) is 11.4 Å². The van der Waals surface area contributed by atoms with Crippen molar-refractivity contribution >= 4 is 11.8 Å². The highest BCUT2D eigenvalue weighted by atomic mass is 16.5. The maximum Gasteiger partial charge on any atom is 0.261 e. The van der Waals surface area contributed by atoms with Crippen molar-refractivity contribution in [2.75, 3.05) is 13.2 Å². The van der Waals surface area contributed by atoms with Crippen molar-refractivity contribution in [2.45, 2.75) is 54.1 Å². The van der Waals surface area contributed by atoms with Gasteiger partial charge in [-0.3, -0.25) is 9.59 Å². The highest BCUT2D eigenvalue weighted by Gasteiger charge is 2.26. The molecule has 1 atom stereocenters. The summed E-state index contributed by atoms with van der Waals surface area (Å²) in [4.78, 5) is 27.3. The van der Waals surface area contributed by atoms with Crippen molar-refractivity contribution < 1.29 is 14.3 Å². The van der Waals surface area contributed by atoms with Gasteiger partial charge in [-0.1, -0.05) is 50.2 Å². The number of nitrogens with zero attached hydrogens (tertiary/aromatic N) is 1. The zero-order chi connectivity index (χ0) is 22.3. The highest BCUT2D eigenvalue weighted by Crippen LogP contribution is 2.23. The van der Waals surface area contributed by atoms with E-state index in [0.717, 1.165) is 22.3 Å². The monoisotopic (exact) mass is 410 g/mol. The Morgan fingerprint density at radius 2 is 1.70 bits per heavy atom. The van der Waals surface area contributed by atoms with E-state index in [1.54, 1.807) is 11.8 Å². The van der Waals surface area contributed by atoms with Gasteiger partial charge in [-0.15, -0.1) is 0 Å². The van der Waals surface area contributed by atoms with Crippen LogP contribution in [0, 0.1) is 26.7 Å². The third-order valence-electron chi connectivity index (χ3n) is 5.16. The van der Waals surface area contributed by atoms with Crippen molar-refractivity contribution in [2.24, 2.45) is 5.92 Å². The van der Waals surface area contributed by atoms with Gasteiger partial charge in [0.2, 0.25) is 5.91 Å². The van der Waals surface area contributed by atoms with Gasteiger partial charge in [-0.05, 0) is 61.9 Å². The highest BCUT2D eigenvalue weighted by molar-refractivity contribution is 5.88. The Kier molecular flexibility index (Phi) is 8.46. The maximum absolute atomic E-state index is 13.1. The predicted molar refractivity (Wildman–Crippen MR) is 120 cm³/mol. The fourth-order valence-corrected chi connectivity index (χ4v) is 3.19. The lowest BCUT2D eigenvalue weighted by molar-refractivity contribution is -0.142. The average Bonchev–Trinajstić information content (AvgIpc) is 2.71. The second kappa shape index (κ2) is 10.8. The number of hydrogen-bond donors (Lipinski definition) is 1. The summed E-state index contributed by atoms with van der Waals surface area (Å²) in [6.45, 7) is 12.7. The van der Waals surface area contributed by atoms with E-state index in [-0.39, 0.29) is 18.4 Å². The molecule has 2 rings (SSSR count). The molecule has 2 amide bonds. The fraction of sp³-hybridized carbons (Fsp3) is 0.440. The van der Waals surface area contributed by atoms with Gasteiger partial charge in [0.1, 0.15) is 11.8 Å². The Bertz CT molecular complexity index is 862. The predicted octanol–water partition coefficient (Wildman–Crippen LogP) is 4.18. The molecule has 0 aromatic heterocycles. The van der Waals surface area contributed by atoms with Gasteiger partial charge in [-0.2, -0.15) is 0 Å². The molecule has 1 N–H and O–H groups in total. The molecule has 5 heteroatoms. The van der Waals surface area contributed by atoms with Crippen molar-refractivity contribution in [3.05, 3.63) is 64.7 Å². The van der Waals surface area contributed by atoms with Crippen molar-refractivity contribution in [1.82, 2.24) is 10.2 Å². The van der Waals surface area contributed by atoms with Crippen LogP contribution >= 0.6 is 0 Å². The number of ether oxygens (including phenoxy) is 1. The lowest BCUT2D eigenvalue weighted by Crippen LogP contribution is -2.49. The molecule has 2 aromatic carbocycles. The van der Waals surface area contributed by atoms with Crippen molar-refractivity contribution in [3.63, 3.8) is 0 Å². The number of hydrogen-bond acceptors (Lipinski definition) is 3. The molecule has 30 heavy (non-hydrogen) atoms. The topological polar surface area (TPSA) is 58.6 Å². The summed E-state index contributed by atoms with van der Waals surface area (Å²) < 4.78 is 5.88. The number of benzene rings is 2. The largest absolute Gasteiger partial charge is 0.483 e. The zero-order valence-corrected chi connectivity index (χ0v) is 19.0. The van der Waals surface area contributed by atoms with Gasteiger partial charge in [0.25, 0.3) is 5.91 Å². The molecule has 0 aliphatic carbocycles. The van der Waals surface area contributed by atoms with Crippen LogP contribution in [0.2, 0.25) is 0 Å². The van der Waals surface area contributed by atoms with Crippen molar-refractivity contribution in [3.8, 4) is 5.75 Å². The number of rotatable bonds is 9. The number of aryl methyl sites for hydroxylation is 2. The molecule has 5 nitrogen and oxygen atoms in total. The van der Waals surface area contributed by atoms with Crippen LogP contribution in [0.15, 0.2) is 42.5 Å². The molecule has 0 aliphatic rings. The average molecular weight is 411 g/mol. The third-order valence-corrected chi connectivity index (χ3v) is 5.16. The fourth-order valence-electron chi connectivity index (χ4n) is 3.19. The minimum absolute atomic E-state index is 0.113. The molecule has 2 aromatic rings. The number of carbonyl (C=O) groups excluding carboxylic acids is 2. The van der Waals surface area contributed by atoms with Crippen LogP contribution in [-0.4, -0.2) is 35.9 Å². The molecule has 0 spiro atoms. The Morgan fingerprint density at radius 1 is 1.03 bits per heavy atom. The van der Waals surface area contributed by atoms with Crippen LogP contribution in [0.25, 0.3) is 0 Å². The smallest absolute Gasteiger partial charge is 0.261 e. The van der Waals surface area contributed by atoms with Gasteiger partial charge in [0.15, 0.2) is 6.61 Å². The Morgan fingerprint density at radius 3 is 2.33 bits per heavy atom. The summed E-state index contributed by atoms with van der Waals surface area (Å²) in [7, 11) is 0. The van der Waals surface area contributed by atoms with E-state index in [1.807, 2.05) is 71.0 Å². The summed E-state index contributed by atoms with van der Waals surface area (Å²) in [5.41, 5.74) is 4.20. The minimum Gasteiger partial charge on any atom is -0.483 e. The van der Waals surface area contributed by atoms with Crippen LogP contribution in [-0.2, 0) is 16.1 Å². The van der Waals surface area contributed by atoms with Crippen LogP contribution < -0.4 is 10.1 Å². The molecule has 0 fully saturated rings. The summed E-state index contributed by atoms with van der Waals surface area (Å²) in [6, 6.07) is 13.1. The van der Waals surface area contributed by atoms with Crippen molar-refractivity contribution in [1.29, 1.82) is 0 Å². The van der Waals surface area contributed by atoms with Crippen LogP contribution in [0.1, 0.15) is 43.0 Å². The third kappa shape index (κ3) is 6.61. The maximum atomic E-state index is 13.1. The molecule has 0 heterocycles. The van der Waals surface area contributed by atoms with Gasteiger partial charge in [0, 0.05) is 13.1 Å². The van der Waals surface area contributed by atoms with E-state index < -0.39 is 6.04 Å². The van der Waals surface area contributed by atoms with E-state index >= 15 is 0 Å². The molecule has 0 bridgehead atoms. The van der Waals surface area contributed by atoms with Gasteiger partial charge in [-0.25, -0.2) is 0 Å². The quantitative estimate of drug-likeness (QED) is 0.675. The van der Waals surface area contributed by atoms with Crippen LogP contribution in [0.3, 0.4) is 0 Å². The van der Waals surface area contributed by atoms with E-state index in [1.165, 1.54) is 0 Å². The van der Waals surface area contributed by atoms with Gasteiger partial charge >= 0.3 is 0 Å². The first kappa shape index (κ1) is 23.5. The Labute approximate surface area is 180 Å². The Hall–Kier alpha value is -2.82. The minimum atomic E-state index is -0.597. The lowest BCUT2D eigenvalue weighted by Gasteiger charge is -2.29. The molecular weight excluding hydrogens is 376 g/mol. The molecule has 0 radical (unpaired) electrons. The first-order valence-corrected chi connectivity index (χ1v) is 10.5. The molecule has 0 aliphatic heterocycles. The summed E-state index contributed by atoms with van der Waals surface area (Å²) >= 11 is 0. The summed E-state index contributed by atoms with van der Waals surface area (Å²) in [5.74, 6) is 0.674. The lowest BCUT2D eigenvalue weighted by atomic mass is 10.1. The summed E-state index contributed by atoms with van der Waals surface area (Å²) in [6.07, 6.45) is 0. The normalized spacial score (nSPS) is 11.8. The van der Waals surface area contributed by atoms with Crippen LogP contribution in [0.4, 0.5) is 0 Å². The second-order valence-electron chi connectivity index (χ2n) is 8.32. The van der Waals surface area contributed by atoms with Crippen LogP contribution in [0.5, 0.6) is 5.75 Å². The van der Waals surface area contributed by atoms with E-state index in [9.17, 15) is 9.59 Å². The molecule has 0 saturated heterocycles. The second-order valence-corrected chi connectivity index (χ2v) is 8.32. The number of carbonyl (C=O) groups is 2. The van der Waals surface area contributed by atoms with E-state index in [0.29, 0.717) is 24.8 Å². The first-order chi connectivity index (χ1) is 14.2. The molecule has 0 saturated carbocycles. The van der Waals surface area contributed by atoms with Gasteiger partial charge in [0.05, 0.1) is 0 Å². The SMILES string of the molecule is Cc1cc(C)c(C)c(OCC(=O)N(Cc2ccccc2)[C@@H](C)C(=O)NCC(C)C)c1. The standard InChI is InChI=1S/C25H34N2O3/c1-17(2)14-26-25(29)21(6)27(15-22-10-8-7-9-11-22)24(28)16-30-23-13-18(3)12-19(4)20(23)5/h7-13,17,21H,14-16H2,1-6H3,(H,26,29)/t21-/m0/s1. The van der Waals surface area contributed by atoms with Gasteiger partial charge < -0.3 is 15.0 Å². The van der Waals surface area contributed by atoms with E-state index in [4.69, 9.17) is 4.74 Å². The molecule has 0 unspecified atom stereocenters. The number of nitrogens with one attached hydrogen (secondary N) is 1. The molecular formula is C25H34N2O3. The zero-order valence-electron chi connectivity index (χ0n) is 19.0. The first-order valence-electron chi connectivity index (χ1n) is 10.5. The number of amides is 2. The Balaban J connectivity index is 2.16. The summed E-state index contributed by atoms with van der Waals surface area (Å²) in [5, 5.41) is 2.93. The molecule has 162 valence electrons.